The van der Waals surface area contributed by atoms with Gasteiger partial charge in [-0.25, -0.2) is 0 Å². The van der Waals surface area contributed by atoms with Crippen molar-refractivity contribution in [2.24, 2.45) is 5.41 Å². The molecule has 94 valence electrons. The SMILES string of the molecule is CN(CC(C)(C)CC(=O)O)c1ccc(Br)cc1. The van der Waals surface area contributed by atoms with E-state index in [1.54, 1.807) is 0 Å². The van der Waals surface area contributed by atoms with Crippen molar-refractivity contribution in [1.82, 2.24) is 0 Å². The summed E-state index contributed by atoms with van der Waals surface area (Å²) in [5.74, 6) is -0.751. The monoisotopic (exact) mass is 299 g/mol. The normalized spacial score (nSPS) is 11.3. The second-order valence-corrected chi connectivity index (χ2v) is 5.98. The molecule has 3 nitrogen and oxygen atoms in total. The van der Waals surface area contributed by atoms with E-state index in [1.807, 2.05) is 45.2 Å². The fourth-order valence-electron chi connectivity index (χ4n) is 1.89. The topological polar surface area (TPSA) is 40.5 Å². The first-order valence-corrected chi connectivity index (χ1v) is 6.28. The minimum atomic E-state index is -0.751. The number of aliphatic carboxylic acids is 1. The Bertz CT molecular complexity index is 387. The summed E-state index contributed by atoms with van der Waals surface area (Å²) >= 11 is 3.39. The van der Waals surface area contributed by atoms with E-state index in [4.69, 9.17) is 5.11 Å². The van der Waals surface area contributed by atoms with E-state index in [-0.39, 0.29) is 11.8 Å². The number of halogens is 1. The maximum Gasteiger partial charge on any atom is 0.303 e. The molecule has 0 unspecified atom stereocenters. The zero-order valence-corrected chi connectivity index (χ0v) is 12.0. The van der Waals surface area contributed by atoms with E-state index in [1.165, 1.54) is 0 Å². The van der Waals surface area contributed by atoms with Crippen LogP contribution >= 0.6 is 15.9 Å². The number of hydrogen-bond donors (Lipinski definition) is 1. The van der Waals surface area contributed by atoms with E-state index < -0.39 is 5.97 Å². The third kappa shape index (κ3) is 4.77. The summed E-state index contributed by atoms with van der Waals surface area (Å²) < 4.78 is 1.04. The highest BCUT2D eigenvalue weighted by Gasteiger charge is 2.23. The van der Waals surface area contributed by atoms with Crippen molar-refractivity contribution in [1.29, 1.82) is 0 Å². The van der Waals surface area contributed by atoms with E-state index >= 15 is 0 Å². The van der Waals surface area contributed by atoms with Gasteiger partial charge in [-0.05, 0) is 29.7 Å². The third-order valence-electron chi connectivity index (χ3n) is 2.56. The number of carboxylic acid groups (broad SMARTS) is 1. The van der Waals surface area contributed by atoms with Gasteiger partial charge < -0.3 is 10.0 Å². The molecule has 0 bridgehead atoms. The molecule has 0 aliphatic heterocycles. The van der Waals surface area contributed by atoms with Gasteiger partial charge in [-0.15, -0.1) is 0 Å². The number of benzene rings is 1. The number of hydrogen-bond acceptors (Lipinski definition) is 2. The molecule has 0 saturated heterocycles. The van der Waals surface area contributed by atoms with Crippen molar-refractivity contribution in [3.8, 4) is 0 Å². The van der Waals surface area contributed by atoms with Crippen LogP contribution in [0.5, 0.6) is 0 Å². The van der Waals surface area contributed by atoms with Gasteiger partial charge in [0.25, 0.3) is 0 Å². The summed E-state index contributed by atoms with van der Waals surface area (Å²) in [5.41, 5.74) is 0.847. The van der Waals surface area contributed by atoms with Crippen LogP contribution in [0.2, 0.25) is 0 Å². The molecule has 0 atom stereocenters. The molecule has 0 radical (unpaired) electrons. The Labute approximate surface area is 111 Å². The van der Waals surface area contributed by atoms with Gasteiger partial charge in [-0.3, -0.25) is 4.79 Å². The molecule has 0 aromatic heterocycles. The number of carboxylic acids is 1. The van der Waals surface area contributed by atoms with Gasteiger partial charge >= 0.3 is 5.97 Å². The highest BCUT2D eigenvalue weighted by Crippen LogP contribution is 2.25. The zero-order valence-electron chi connectivity index (χ0n) is 10.4. The standard InChI is InChI=1S/C13H18BrNO2/c1-13(2,8-12(16)17)9-15(3)11-6-4-10(14)5-7-11/h4-7H,8-9H2,1-3H3,(H,16,17). The molecule has 1 N–H and O–H groups in total. The molecule has 0 heterocycles. The number of carbonyl (C=O) groups is 1. The lowest BCUT2D eigenvalue weighted by Gasteiger charge is -2.30. The van der Waals surface area contributed by atoms with Crippen molar-refractivity contribution < 1.29 is 9.90 Å². The largest absolute Gasteiger partial charge is 0.481 e. The summed E-state index contributed by atoms with van der Waals surface area (Å²) in [6.07, 6.45) is 0.174. The molecule has 17 heavy (non-hydrogen) atoms. The van der Waals surface area contributed by atoms with Gasteiger partial charge in [0.1, 0.15) is 0 Å². The minimum Gasteiger partial charge on any atom is -0.481 e. The van der Waals surface area contributed by atoms with Crippen molar-refractivity contribution in [2.75, 3.05) is 18.5 Å². The fraction of sp³-hybridized carbons (Fsp3) is 0.462. The van der Waals surface area contributed by atoms with Gasteiger partial charge in [0, 0.05) is 23.8 Å². The van der Waals surface area contributed by atoms with Crippen LogP contribution in [-0.2, 0) is 4.79 Å². The van der Waals surface area contributed by atoms with Crippen LogP contribution in [-0.4, -0.2) is 24.7 Å². The van der Waals surface area contributed by atoms with Crippen molar-refractivity contribution in [2.45, 2.75) is 20.3 Å². The number of anilines is 1. The van der Waals surface area contributed by atoms with Crippen LogP contribution < -0.4 is 4.90 Å². The highest BCUT2D eigenvalue weighted by atomic mass is 79.9. The molecule has 0 aliphatic rings. The van der Waals surface area contributed by atoms with E-state index in [2.05, 4.69) is 20.8 Å². The summed E-state index contributed by atoms with van der Waals surface area (Å²) in [5, 5.41) is 8.84. The van der Waals surface area contributed by atoms with Gasteiger partial charge in [-0.2, -0.15) is 0 Å². The van der Waals surface area contributed by atoms with Gasteiger partial charge in [0.05, 0.1) is 6.42 Å². The maximum atomic E-state index is 10.8. The molecule has 0 saturated carbocycles. The first-order valence-electron chi connectivity index (χ1n) is 5.49. The first-order chi connectivity index (χ1) is 7.80. The Hall–Kier alpha value is -1.03. The predicted molar refractivity (Wildman–Crippen MR) is 73.4 cm³/mol. The molecule has 1 aromatic rings. The van der Waals surface area contributed by atoms with Crippen LogP contribution in [0.3, 0.4) is 0 Å². The minimum absolute atomic E-state index is 0.174. The average Bonchev–Trinajstić information content (AvgIpc) is 2.15. The Kier molecular flexibility index (Phi) is 4.57. The second kappa shape index (κ2) is 5.54. The number of rotatable bonds is 5. The summed E-state index contributed by atoms with van der Waals surface area (Å²) in [6.45, 7) is 4.65. The van der Waals surface area contributed by atoms with Crippen LogP contribution in [0.1, 0.15) is 20.3 Å². The van der Waals surface area contributed by atoms with Crippen molar-refractivity contribution >= 4 is 27.6 Å². The van der Waals surface area contributed by atoms with Crippen LogP contribution in [0.25, 0.3) is 0 Å². The number of nitrogens with zero attached hydrogens (tertiary/aromatic N) is 1. The van der Waals surface area contributed by atoms with Gasteiger partial charge in [0.2, 0.25) is 0 Å². The predicted octanol–water partition coefficient (Wildman–Crippen LogP) is 3.39. The summed E-state index contributed by atoms with van der Waals surface area (Å²) in [6, 6.07) is 7.99. The lowest BCUT2D eigenvalue weighted by molar-refractivity contribution is -0.139. The quantitative estimate of drug-likeness (QED) is 0.906. The summed E-state index contributed by atoms with van der Waals surface area (Å²) in [7, 11) is 1.98. The second-order valence-electron chi connectivity index (χ2n) is 5.07. The lowest BCUT2D eigenvalue weighted by Crippen LogP contribution is -2.33. The molecule has 4 heteroatoms. The third-order valence-corrected chi connectivity index (χ3v) is 3.09. The van der Waals surface area contributed by atoms with Crippen LogP contribution in [0, 0.1) is 5.41 Å². The van der Waals surface area contributed by atoms with Crippen LogP contribution in [0.15, 0.2) is 28.7 Å². The Morgan fingerprint density at radius 1 is 1.35 bits per heavy atom. The van der Waals surface area contributed by atoms with E-state index in [0.29, 0.717) is 6.54 Å². The van der Waals surface area contributed by atoms with Gasteiger partial charge in [-0.1, -0.05) is 29.8 Å². The molecular weight excluding hydrogens is 282 g/mol. The fourth-order valence-corrected chi connectivity index (χ4v) is 2.16. The van der Waals surface area contributed by atoms with E-state index in [9.17, 15) is 4.79 Å². The van der Waals surface area contributed by atoms with Gasteiger partial charge in [0.15, 0.2) is 0 Å². The van der Waals surface area contributed by atoms with Crippen molar-refractivity contribution in [3.63, 3.8) is 0 Å². The zero-order chi connectivity index (χ0) is 13.1. The Balaban J connectivity index is 2.68. The Morgan fingerprint density at radius 3 is 2.35 bits per heavy atom. The molecule has 1 rings (SSSR count). The molecule has 1 aromatic carbocycles. The average molecular weight is 300 g/mol. The lowest BCUT2D eigenvalue weighted by atomic mass is 9.89. The maximum absolute atomic E-state index is 10.8. The molecule has 0 aliphatic carbocycles. The molecular formula is C13H18BrNO2. The molecule has 0 spiro atoms. The molecule has 0 fully saturated rings. The van der Waals surface area contributed by atoms with Crippen molar-refractivity contribution in [3.05, 3.63) is 28.7 Å². The smallest absolute Gasteiger partial charge is 0.303 e. The molecule has 0 amide bonds. The Morgan fingerprint density at radius 2 is 1.88 bits per heavy atom. The van der Waals surface area contributed by atoms with Crippen LogP contribution in [0.4, 0.5) is 5.69 Å². The highest BCUT2D eigenvalue weighted by molar-refractivity contribution is 9.10. The first kappa shape index (κ1) is 14.0. The summed E-state index contributed by atoms with van der Waals surface area (Å²) in [4.78, 5) is 12.8. The van der Waals surface area contributed by atoms with E-state index in [0.717, 1.165) is 10.2 Å².